The summed E-state index contributed by atoms with van der Waals surface area (Å²) in [5.41, 5.74) is 2.80. The zero-order valence-corrected chi connectivity index (χ0v) is 9.08. The molecule has 1 aromatic carbocycles. The van der Waals surface area contributed by atoms with Gasteiger partial charge in [-0.25, -0.2) is 4.79 Å². The second-order valence-electron chi connectivity index (χ2n) is 3.50. The molecule has 1 aromatic heterocycles. The van der Waals surface area contributed by atoms with Crippen LogP contribution in [0.5, 0.6) is 0 Å². The second kappa shape index (κ2) is 5.07. The standard InChI is InChI=1S/C14H11NO2/c16-14(17)7-6-12-10-15-9-8-13(12)11-4-2-1-3-5-11/h1-10H,(H,16,17)/b7-6-. The van der Waals surface area contributed by atoms with Crippen LogP contribution >= 0.6 is 0 Å². The van der Waals surface area contributed by atoms with E-state index in [2.05, 4.69) is 4.98 Å². The Hall–Kier alpha value is -2.42. The molecule has 0 saturated heterocycles. The minimum atomic E-state index is -0.965. The Morgan fingerprint density at radius 1 is 1.18 bits per heavy atom. The van der Waals surface area contributed by atoms with Crippen molar-refractivity contribution in [3.8, 4) is 11.1 Å². The fraction of sp³-hybridized carbons (Fsp3) is 0. The highest BCUT2D eigenvalue weighted by Gasteiger charge is 2.02. The fourth-order valence-corrected chi connectivity index (χ4v) is 1.58. The average Bonchev–Trinajstić information content (AvgIpc) is 2.38. The Bertz CT molecular complexity index is 547. The van der Waals surface area contributed by atoms with Gasteiger partial charge < -0.3 is 5.11 Å². The molecule has 0 aliphatic carbocycles. The van der Waals surface area contributed by atoms with Crippen molar-refractivity contribution < 1.29 is 9.90 Å². The van der Waals surface area contributed by atoms with E-state index in [9.17, 15) is 4.79 Å². The quantitative estimate of drug-likeness (QED) is 0.817. The van der Waals surface area contributed by atoms with Crippen LogP contribution in [-0.2, 0) is 4.79 Å². The maximum Gasteiger partial charge on any atom is 0.328 e. The molecule has 0 unspecified atom stereocenters. The molecule has 3 heteroatoms. The van der Waals surface area contributed by atoms with E-state index in [4.69, 9.17) is 5.11 Å². The van der Waals surface area contributed by atoms with Gasteiger partial charge in [0.15, 0.2) is 0 Å². The number of hydrogen-bond donors (Lipinski definition) is 1. The SMILES string of the molecule is O=C(O)/C=C\c1cnccc1-c1ccccc1. The Morgan fingerprint density at radius 3 is 2.65 bits per heavy atom. The number of carboxylic acids is 1. The summed E-state index contributed by atoms with van der Waals surface area (Å²) in [6.07, 6.45) is 6.02. The molecule has 0 aliphatic heterocycles. The van der Waals surface area contributed by atoms with Crippen LogP contribution in [0.3, 0.4) is 0 Å². The Labute approximate surface area is 99.1 Å². The van der Waals surface area contributed by atoms with Crippen molar-refractivity contribution in [2.75, 3.05) is 0 Å². The summed E-state index contributed by atoms with van der Waals surface area (Å²) in [5, 5.41) is 8.63. The van der Waals surface area contributed by atoms with Gasteiger partial charge in [0.25, 0.3) is 0 Å². The lowest BCUT2D eigenvalue weighted by Gasteiger charge is -2.04. The zero-order chi connectivity index (χ0) is 12.1. The first kappa shape index (κ1) is 11.1. The van der Waals surface area contributed by atoms with E-state index in [-0.39, 0.29) is 0 Å². The van der Waals surface area contributed by atoms with E-state index in [1.165, 1.54) is 0 Å². The van der Waals surface area contributed by atoms with Crippen LogP contribution in [0.25, 0.3) is 17.2 Å². The van der Waals surface area contributed by atoms with Crippen molar-refractivity contribution in [1.29, 1.82) is 0 Å². The van der Waals surface area contributed by atoms with E-state index in [0.29, 0.717) is 0 Å². The summed E-state index contributed by atoms with van der Waals surface area (Å²) in [6, 6.07) is 11.7. The van der Waals surface area contributed by atoms with Crippen molar-refractivity contribution in [2.45, 2.75) is 0 Å². The third kappa shape index (κ3) is 2.78. The largest absolute Gasteiger partial charge is 0.478 e. The number of aromatic nitrogens is 1. The highest BCUT2D eigenvalue weighted by Crippen LogP contribution is 2.23. The maximum absolute atomic E-state index is 10.5. The Morgan fingerprint density at radius 2 is 1.94 bits per heavy atom. The number of carbonyl (C=O) groups is 1. The van der Waals surface area contributed by atoms with Crippen LogP contribution < -0.4 is 0 Å². The lowest BCUT2D eigenvalue weighted by molar-refractivity contribution is -0.131. The van der Waals surface area contributed by atoms with Crippen LogP contribution in [0, 0.1) is 0 Å². The Balaban J connectivity index is 2.45. The van der Waals surface area contributed by atoms with Gasteiger partial charge in [-0.15, -0.1) is 0 Å². The molecule has 0 aliphatic rings. The number of nitrogens with zero attached hydrogens (tertiary/aromatic N) is 1. The lowest BCUT2D eigenvalue weighted by atomic mass is 10.0. The first-order valence-corrected chi connectivity index (χ1v) is 5.18. The van der Waals surface area contributed by atoms with Crippen LogP contribution in [0.1, 0.15) is 5.56 Å². The van der Waals surface area contributed by atoms with E-state index in [1.54, 1.807) is 18.5 Å². The number of benzene rings is 1. The fourth-order valence-electron chi connectivity index (χ4n) is 1.58. The third-order valence-electron chi connectivity index (χ3n) is 2.34. The van der Waals surface area contributed by atoms with Gasteiger partial charge in [-0.05, 0) is 23.3 Å². The molecular weight excluding hydrogens is 214 g/mol. The number of pyridine rings is 1. The molecule has 0 saturated carbocycles. The summed E-state index contributed by atoms with van der Waals surface area (Å²) in [5.74, 6) is -0.965. The van der Waals surface area contributed by atoms with Gasteiger partial charge in [0.2, 0.25) is 0 Å². The van der Waals surface area contributed by atoms with Crippen molar-refractivity contribution in [2.24, 2.45) is 0 Å². The minimum absolute atomic E-state index is 0.793. The first-order valence-electron chi connectivity index (χ1n) is 5.18. The smallest absolute Gasteiger partial charge is 0.328 e. The number of aliphatic carboxylic acids is 1. The highest BCUT2D eigenvalue weighted by molar-refractivity contribution is 5.87. The molecule has 0 bridgehead atoms. The van der Waals surface area contributed by atoms with Crippen LogP contribution in [0.2, 0.25) is 0 Å². The monoisotopic (exact) mass is 225 g/mol. The van der Waals surface area contributed by atoms with Gasteiger partial charge in [-0.2, -0.15) is 0 Å². The summed E-state index contributed by atoms with van der Waals surface area (Å²) < 4.78 is 0. The molecule has 1 N–H and O–H groups in total. The van der Waals surface area contributed by atoms with E-state index >= 15 is 0 Å². The summed E-state index contributed by atoms with van der Waals surface area (Å²) in [4.78, 5) is 14.5. The third-order valence-corrected chi connectivity index (χ3v) is 2.34. The zero-order valence-electron chi connectivity index (χ0n) is 9.08. The molecule has 0 radical (unpaired) electrons. The van der Waals surface area contributed by atoms with Crippen molar-refractivity contribution in [3.05, 3.63) is 60.4 Å². The molecule has 1 heterocycles. The molecule has 84 valence electrons. The van der Waals surface area contributed by atoms with E-state index < -0.39 is 5.97 Å². The lowest BCUT2D eigenvalue weighted by Crippen LogP contribution is -1.88. The summed E-state index contributed by atoms with van der Waals surface area (Å²) in [6.45, 7) is 0. The topological polar surface area (TPSA) is 50.2 Å². The predicted octanol–water partition coefficient (Wildman–Crippen LogP) is 2.85. The molecule has 0 amide bonds. The van der Waals surface area contributed by atoms with Gasteiger partial charge in [0.1, 0.15) is 0 Å². The van der Waals surface area contributed by atoms with Crippen molar-refractivity contribution in [3.63, 3.8) is 0 Å². The summed E-state index contributed by atoms with van der Waals surface area (Å²) in [7, 11) is 0. The molecule has 0 spiro atoms. The number of carboxylic acid groups (broad SMARTS) is 1. The molecule has 3 nitrogen and oxygen atoms in total. The minimum Gasteiger partial charge on any atom is -0.478 e. The van der Waals surface area contributed by atoms with Gasteiger partial charge in [0.05, 0.1) is 0 Å². The molecule has 2 aromatic rings. The van der Waals surface area contributed by atoms with Gasteiger partial charge in [-0.1, -0.05) is 30.3 Å². The van der Waals surface area contributed by atoms with Gasteiger partial charge in [0, 0.05) is 24.0 Å². The summed E-state index contributed by atoms with van der Waals surface area (Å²) >= 11 is 0. The number of hydrogen-bond acceptors (Lipinski definition) is 2. The number of rotatable bonds is 3. The highest BCUT2D eigenvalue weighted by atomic mass is 16.4. The molecule has 0 atom stereocenters. The predicted molar refractivity (Wildman–Crippen MR) is 66.3 cm³/mol. The second-order valence-corrected chi connectivity index (χ2v) is 3.50. The molecule has 17 heavy (non-hydrogen) atoms. The van der Waals surface area contributed by atoms with Gasteiger partial charge >= 0.3 is 5.97 Å². The van der Waals surface area contributed by atoms with Crippen LogP contribution in [0.15, 0.2) is 54.9 Å². The van der Waals surface area contributed by atoms with E-state index in [0.717, 1.165) is 22.8 Å². The van der Waals surface area contributed by atoms with E-state index in [1.807, 2.05) is 36.4 Å². The average molecular weight is 225 g/mol. The molecule has 0 fully saturated rings. The van der Waals surface area contributed by atoms with Crippen LogP contribution in [0.4, 0.5) is 0 Å². The van der Waals surface area contributed by atoms with Crippen molar-refractivity contribution in [1.82, 2.24) is 4.98 Å². The normalized spacial score (nSPS) is 10.6. The molecule has 2 rings (SSSR count). The van der Waals surface area contributed by atoms with Gasteiger partial charge in [-0.3, -0.25) is 4.98 Å². The first-order chi connectivity index (χ1) is 8.27. The maximum atomic E-state index is 10.5. The van der Waals surface area contributed by atoms with Crippen molar-refractivity contribution >= 4 is 12.0 Å². The Kier molecular flexibility index (Phi) is 3.31. The molecular formula is C14H11NO2. The van der Waals surface area contributed by atoms with Crippen LogP contribution in [-0.4, -0.2) is 16.1 Å².